The monoisotopic (exact) mass is 274 g/mol. The summed E-state index contributed by atoms with van der Waals surface area (Å²) in [6, 6.07) is 0.737. The number of aromatic nitrogens is 2. The summed E-state index contributed by atoms with van der Waals surface area (Å²) in [5.41, 5.74) is 2.36. The normalized spacial score (nSPS) is 18.3. The van der Waals surface area contributed by atoms with Crippen LogP contribution in [0.15, 0.2) is 6.20 Å². The summed E-state index contributed by atoms with van der Waals surface area (Å²) in [6.45, 7) is 7.44. The molecule has 0 radical (unpaired) electrons. The van der Waals surface area contributed by atoms with Gasteiger partial charge in [0.25, 0.3) is 0 Å². The molecule has 1 aromatic rings. The lowest BCUT2D eigenvalue weighted by Crippen LogP contribution is -2.29. The van der Waals surface area contributed by atoms with Crippen LogP contribution >= 0.6 is 0 Å². The molecule has 1 heterocycles. The number of hydrogen-bond acceptors (Lipinski definition) is 4. The van der Waals surface area contributed by atoms with Gasteiger partial charge < -0.3 is 10.2 Å². The van der Waals surface area contributed by atoms with Gasteiger partial charge in [-0.3, -0.25) is 0 Å². The van der Waals surface area contributed by atoms with E-state index in [1.807, 2.05) is 6.20 Å². The van der Waals surface area contributed by atoms with Crippen LogP contribution in [0.4, 0.5) is 5.95 Å². The van der Waals surface area contributed by atoms with Crippen LogP contribution in [0.2, 0.25) is 0 Å². The number of rotatable bonds is 8. The second kappa shape index (κ2) is 6.08. The third kappa shape index (κ3) is 3.69. The molecule has 20 heavy (non-hydrogen) atoms. The topological polar surface area (TPSA) is 41.1 Å². The second-order valence-corrected chi connectivity index (χ2v) is 6.33. The Labute approximate surface area is 122 Å². The van der Waals surface area contributed by atoms with Crippen molar-refractivity contribution in [2.24, 2.45) is 5.92 Å². The number of anilines is 1. The van der Waals surface area contributed by atoms with Crippen LogP contribution in [0, 0.1) is 12.8 Å². The first-order valence-electron chi connectivity index (χ1n) is 8.07. The van der Waals surface area contributed by atoms with E-state index in [4.69, 9.17) is 4.98 Å². The van der Waals surface area contributed by atoms with Crippen molar-refractivity contribution in [2.45, 2.75) is 58.5 Å². The summed E-state index contributed by atoms with van der Waals surface area (Å²) < 4.78 is 0. The van der Waals surface area contributed by atoms with E-state index in [0.717, 1.165) is 49.7 Å². The standard InChI is InChI=1S/C16H26N4/c1-3-8-20(11-13-4-5-13)16-18-10-14(12(2)19-16)9-17-15-6-7-15/h10,13,15,17H,3-9,11H2,1-2H3. The van der Waals surface area contributed by atoms with Gasteiger partial charge in [0, 0.05) is 43.1 Å². The Kier molecular flexibility index (Phi) is 4.20. The van der Waals surface area contributed by atoms with Crippen molar-refractivity contribution in [3.05, 3.63) is 17.5 Å². The quantitative estimate of drug-likeness (QED) is 0.791. The van der Waals surface area contributed by atoms with E-state index < -0.39 is 0 Å². The van der Waals surface area contributed by atoms with Crippen molar-refractivity contribution in [2.75, 3.05) is 18.0 Å². The molecule has 0 saturated heterocycles. The van der Waals surface area contributed by atoms with Crippen LogP contribution in [0.1, 0.15) is 50.3 Å². The van der Waals surface area contributed by atoms with Gasteiger partial charge in [-0.15, -0.1) is 0 Å². The molecule has 0 unspecified atom stereocenters. The van der Waals surface area contributed by atoms with Gasteiger partial charge in [0.15, 0.2) is 0 Å². The summed E-state index contributed by atoms with van der Waals surface area (Å²) in [6.07, 6.45) is 8.57. The fourth-order valence-corrected chi connectivity index (χ4v) is 2.50. The zero-order valence-electron chi connectivity index (χ0n) is 12.7. The first-order valence-corrected chi connectivity index (χ1v) is 8.07. The van der Waals surface area contributed by atoms with E-state index in [9.17, 15) is 0 Å². The molecule has 0 amide bonds. The highest BCUT2D eigenvalue weighted by Gasteiger charge is 2.25. The van der Waals surface area contributed by atoms with Gasteiger partial charge in [0.1, 0.15) is 0 Å². The fourth-order valence-electron chi connectivity index (χ4n) is 2.50. The van der Waals surface area contributed by atoms with Crippen LogP contribution in [0.25, 0.3) is 0 Å². The average molecular weight is 274 g/mol. The Morgan fingerprint density at radius 1 is 1.30 bits per heavy atom. The predicted molar refractivity (Wildman–Crippen MR) is 81.9 cm³/mol. The number of hydrogen-bond donors (Lipinski definition) is 1. The maximum absolute atomic E-state index is 4.75. The summed E-state index contributed by atoms with van der Waals surface area (Å²) in [5, 5.41) is 3.54. The summed E-state index contributed by atoms with van der Waals surface area (Å²) in [5.74, 6) is 1.80. The van der Waals surface area contributed by atoms with Crippen LogP contribution in [-0.2, 0) is 6.54 Å². The third-order valence-corrected chi connectivity index (χ3v) is 4.18. The average Bonchev–Trinajstić information content (AvgIpc) is 3.31. The minimum atomic E-state index is 0.737. The highest BCUT2D eigenvalue weighted by Crippen LogP contribution is 2.30. The van der Waals surface area contributed by atoms with Crippen molar-refractivity contribution < 1.29 is 0 Å². The molecule has 110 valence electrons. The molecule has 0 aliphatic heterocycles. The molecule has 0 atom stereocenters. The van der Waals surface area contributed by atoms with Crippen molar-refractivity contribution in [3.63, 3.8) is 0 Å². The molecular weight excluding hydrogens is 248 g/mol. The van der Waals surface area contributed by atoms with Crippen LogP contribution in [-0.4, -0.2) is 29.1 Å². The van der Waals surface area contributed by atoms with E-state index in [2.05, 4.69) is 29.0 Å². The van der Waals surface area contributed by atoms with E-state index in [1.165, 1.54) is 31.2 Å². The van der Waals surface area contributed by atoms with Gasteiger partial charge in [-0.1, -0.05) is 6.92 Å². The molecule has 2 aliphatic carbocycles. The SMILES string of the molecule is CCCN(CC1CC1)c1ncc(CNC2CC2)c(C)n1. The molecule has 4 nitrogen and oxygen atoms in total. The van der Waals surface area contributed by atoms with Gasteiger partial charge in [0.05, 0.1) is 0 Å². The second-order valence-electron chi connectivity index (χ2n) is 6.33. The van der Waals surface area contributed by atoms with Crippen molar-refractivity contribution in [1.82, 2.24) is 15.3 Å². The minimum absolute atomic E-state index is 0.737. The van der Waals surface area contributed by atoms with E-state index in [1.54, 1.807) is 0 Å². The Hall–Kier alpha value is -1.16. The Balaban J connectivity index is 1.65. The van der Waals surface area contributed by atoms with E-state index >= 15 is 0 Å². The smallest absolute Gasteiger partial charge is 0.225 e. The third-order valence-electron chi connectivity index (χ3n) is 4.18. The molecule has 0 aromatic carbocycles. The summed E-state index contributed by atoms with van der Waals surface area (Å²) >= 11 is 0. The van der Waals surface area contributed by atoms with E-state index in [-0.39, 0.29) is 0 Å². The maximum atomic E-state index is 4.75. The minimum Gasteiger partial charge on any atom is -0.341 e. The van der Waals surface area contributed by atoms with Crippen LogP contribution in [0.3, 0.4) is 0 Å². The molecule has 2 fully saturated rings. The van der Waals surface area contributed by atoms with Gasteiger partial charge in [-0.25, -0.2) is 9.97 Å². The largest absolute Gasteiger partial charge is 0.341 e. The lowest BCUT2D eigenvalue weighted by Gasteiger charge is -2.22. The fraction of sp³-hybridized carbons (Fsp3) is 0.750. The highest BCUT2D eigenvalue weighted by atomic mass is 15.2. The zero-order chi connectivity index (χ0) is 13.9. The number of nitrogens with zero attached hydrogens (tertiary/aromatic N) is 3. The molecule has 3 rings (SSSR count). The molecule has 2 saturated carbocycles. The van der Waals surface area contributed by atoms with E-state index in [0.29, 0.717) is 0 Å². The summed E-state index contributed by atoms with van der Waals surface area (Å²) in [4.78, 5) is 11.7. The Bertz CT molecular complexity index is 452. The Morgan fingerprint density at radius 2 is 2.10 bits per heavy atom. The first kappa shape index (κ1) is 13.8. The molecule has 2 aliphatic rings. The Morgan fingerprint density at radius 3 is 2.70 bits per heavy atom. The predicted octanol–water partition coefficient (Wildman–Crippen LogP) is 2.66. The van der Waals surface area contributed by atoms with Gasteiger partial charge >= 0.3 is 0 Å². The van der Waals surface area contributed by atoms with Crippen molar-refractivity contribution in [1.29, 1.82) is 0 Å². The number of nitrogens with one attached hydrogen (secondary N) is 1. The lowest BCUT2D eigenvalue weighted by molar-refractivity contribution is 0.667. The van der Waals surface area contributed by atoms with Crippen molar-refractivity contribution in [3.8, 4) is 0 Å². The molecule has 1 N–H and O–H groups in total. The van der Waals surface area contributed by atoms with Crippen molar-refractivity contribution >= 4 is 5.95 Å². The summed E-state index contributed by atoms with van der Waals surface area (Å²) in [7, 11) is 0. The van der Waals surface area contributed by atoms with Crippen LogP contribution < -0.4 is 10.2 Å². The van der Waals surface area contributed by atoms with Crippen LogP contribution in [0.5, 0.6) is 0 Å². The molecule has 0 spiro atoms. The maximum Gasteiger partial charge on any atom is 0.225 e. The first-order chi connectivity index (χ1) is 9.76. The molecular formula is C16H26N4. The molecule has 0 bridgehead atoms. The molecule has 1 aromatic heterocycles. The van der Waals surface area contributed by atoms with Gasteiger partial charge in [0.2, 0.25) is 5.95 Å². The van der Waals surface area contributed by atoms with Gasteiger partial charge in [-0.2, -0.15) is 0 Å². The molecule has 4 heteroatoms. The zero-order valence-corrected chi connectivity index (χ0v) is 12.7. The number of aryl methyl sites for hydroxylation is 1. The lowest BCUT2D eigenvalue weighted by atomic mass is 10.2. The highest BCUT2D eigenvalue weighted by molar-refractivity contribution is 5.33. The van der Waals surface area contributed by atoms with Gasteiger partial charge in [-0.05, 0) is 44.9 Å².